The highest BCUT2D eigenvalue weighted by Crippen LogP contribution is 2.01. The fourth-order valence-electron chi connectivity index (χ4n) is 0.744. The Morgan fingerprint density at radius 1 is 1.45 bits per heavy atom. The molecular formula is C7H15F2NO. The summed E-state index contributed by atoms with van der Waals surface area (Å²) >= 11 is 0. The number of hydrogen-bond donors (Lipinski definition) is 2. The molecule has 68 valence electrons. The van der Waals surface area contributed by atoms with Gasteiger partial charge in [-0.25, -0.2) is 8.78 Å². The van der Waals surface area contributed by atoms with E-state index in [2.05, 4.69) is 5.32 Å². The lowest BCUT2D eigenvalue weighted by molar-refractivity contribution is 0.0922. The molecule has 0 bridgehead atoms. The first-order chi connectivity index (χ1) is 5.11. The molecule has 0 amide bonds. The quantitative estimate of drug-likeness (QED) is 0.640. The zero-order chi connectivity index (χ0) is 8.85. The minimum absolute atomic E-state index is 0.0897. The van der Waals surface area contributed by atoms with Crippen molar-refractivity contribution in [2.75, 3.05) is 6.61 Å². The molecule has 0 fully saturated rings. The van der Waals surface area contributed by atoms with Gasteiger partial charge in [0.05, 0.1) is 12.6 Å². The van der Waals surface area contributed by atoms with Gasteiger partial charge in [-0.05, 0) is 13.3 Å². The molecule has 11 heavy (non-hydrogen) atoms. The third-order valence-corrected chi connectivity index (χ3v) is 1.59. The van der Waals surface area contributed by atoms with Crippen LogP contribution in [0.3, 0.4) is 0 Å². The second-order valence-corrected chi connectivity index (χ2v) is 2.58. The van der Waals surface area contributed by atoms with Gasteiger partial charge in [0.15, 0.2) is 0 Å². The Morgan fingerprint density at radius 2 is 2.00 bits per heavy atom. The number of hydrogen-bond acceptors (Lipinski definition) is 2. The molecule has 4 heteroatoms. The second kappa shape index (κ2) is 5.43. The van der Waals surface area contributed by atoms with Crippen molar-refractivity contribution in [3.63, 3.8) is 0 Å². The number of halogens is 2. The van der Waals surface area contributed by atoms with Crippen molar-refractivity contribution in [2.45, 2.75) is 38.8 Å². The fraction of sp³-hybridized carbons (Fsp3) is 1.00. The third-order valence-electron chi connectivity index (χ3n) is 1.59. The summed E-state index contributed by atoms with van der Waals surface area (Å²) in [5.41, 5.74) is 0. The third kappa shape index (κ3) is 4.27. The molecule has 0 aliphatic heterocycles. The first kappa shape index (κ1) is 10.8. The number of alkyl halides is 2. The molecule has 0 aromatic carbocycles. The summed E-state index contributed by atoms with van der Waals surface area (Å²) < 4.78 is 23.8. The average Bonchev–Trinajstić information content (AvgIpc) is 1.99. The van der Waals surface area contributed by atoms with Crippen LogP contribution < -0.4 is 5.32 Å². The predicted molar refractivity (Wildman–Crippen MR) is 39.8 cm³/mol. The van der Waals surface area contributed by atoms with E-state index in [0.717, 1.165) is 0 Å². The van der Waals surface area contributed by atoms with Crippen LogP contribution in [0.15, 0.2) is 0 Å². The van der Waals surface area contributed by atoms with Crippen LogP contribution in [0.5, 0.6) is 0 Å². The highest BCUT2D eigenvalue weighted by Gasteiger charge is 2.16. The number of nitrogens with one attached hydrogen (secondary N) is 1. The summed E-state index contributed by atoms with van der Waals surface area (Å²) in [6.45, 7) is 3.16. The van der Waals surface area contributed by atoms with Crippen molar-refractivity contribution < 1.29 is 13.9 Å². The van der Waals surface area contributed by atoms with Crippen molar-refractivity contribution in [1.29, 1.82) is 0 Å². The monoisotopic (exact) mass is 167 g/mol. The van der Waals surface area contributed by atoms with Gasteiger partial charge in [-0.2, -0.15) is 0 Å². The molecule has 0 radical (unpaired) electrons. The Labute approximate surface area is 65.6 Å². The first-order valence-corrected chi connectivity index (χ1v) is 3.76. The fourth-order valence-corrected chi connectivity index (χ4v) is 0.744. The van der Waals surface area contributed by atoms with Gasteiger partial charge in [0.1, 0.15) is 0 Å². The number of aliphatic hydroxyl groups is 1. The van der Waals surface area contributed by atoms with E-state index in [-0.39, 0.29) is 12.6 Å². The molecule has 0 heterocycles. The average molecular weight is 167 g/mol. The van der Waals surface area contributed by atoms with Crippen molar-refractivity contribution in [3.05, 3.63) is 0 Å². The van der Waals surface area contributed by atoms with Crippen LogP contribution in [-0.4, -0.2) is 30.2 Å². The normalized spacial score (nSPS) is 16.9. The molecule has 0 aromatic rings. The van der Waals surface area contributed by atoms with Crippen LogP contribution in [0.1, 0.15) is 20.3 Å². The Morgan fingerprint density at radius 3 is 2.27 bits per heavy atom. The van der Waals surface area contributed by atoms with Crippen LogP contribution in [0.2, 0.25) is 0 Å². The summed E-state index contributed by atoms with van der Waals surface area (Å²) in [5, 5.41) is 11.3. The Bertz CT molecular complexity index is 96.4. The van der Waals surface area contributed by atoms with Crippen LogP contribution in [0, 0.1) is 0 Å². The second-order valence-electron chi connectivity index (χ2n) is 2.58. The zero-order valence-corrected chi connectivity index (χ0v) is 6.85. The van der Waals surface area contributed by atoms with E-state index in [1.54, 1.807) is 0 Å². The minimum Gasteiger partial charge on any atom is -0.395 e. The molecular weight excluding hydrogens is 152 g/mol. The molecule has 0 spiro atoms. The topological polar surface area (TPSA) is 32.3 Å². The van der Waals surface area contributed by atoms with Gasteiger partial charge in [-0.3, -0.25) is 0 Å². The molecule has 2 atom stereocenters. The van der Waals surface area contributed by atoms with Crippen LogP contribution in [-0.2, 0) is 0 Å². The standard InChI is InChI=1S/C7H15F2NO/c1-3-6(4-11)10-5(2)7(8)9/h5-7,10-11H,3-4H2,1-2H3/t5?,6-/m1/s1. The lowest BCUT2D eigenvalue weighted by atomic mass is 10.2. The van der Waals surface area contributed by atoms with Crippen LogP contribution in [0.25, 0.3) is 0 Å². The highest BCUT2D eigenvalue weighted by molar-refractivity contribution is 4.70. The van der Waals surface area contributed by atoms with Crippen LogP contribution >= 0.6 is 0 Å². The summed E-state index contributed by atoms with van der Waals surface area (Å²) in [7, 11) is 0. The minimum atomic E-state index is -2.37. The molecule has 0 rings (SSSR count). The van der Waals surface area contributed by atoms with Crippen LogP contribution in [0.4, 0.5) is 8.78 Å². The smallest absolute Gasteiger partial charge is 0.253 e. The Hall–Kier alpha value is -0.220. The lowest BCUT2D eigenvalue weighted by Crippen LogP contribution is -2.42. The molecule has 2 nitrogen and oxygen atoms in total. The van der Waals surface area contributed by atoms with E-state index in [4.69, 9.17) is 5.11 Å². The molecule has 0 aliphatic rings. The van der Waals surface area contributed by atoms with Crippen molar-refractivity contribution >= 4 is 0 Å². The van der Waals surface area contributed by atoms with Gasteiger partial charge in [-0.15, -0.1) is 0 Å². The molecule has 0 aliphatic carbocycles. The SMILES string of the molecule is CC[C@H](CO)NC(C)C(F)F. The largest absolute Gasteiger partial charge is 0.395 e. The van der Waals surface area contributed by atoms with Crippen molar-refractivity contribution in [2.24, 2.45) is 0 Å². The maximum atomic E-state index is 11.9. The maximum Gasteiger partial charge on any atom is 0.253 e. The summed E-state index contributed by atoms with van der Waals surface area (Å²) in [6, 6.07) is -1.05. The van der Waals surface area contributed by atoms with Crippen molar-refractivity contribution in [3.8, 4) is 0 Å². The molecule has 0 saturated heterocycles. The van der Waals surface area contributed by atoms with Crippen molar-refractivity contribution in [1.82, 2.24) is 5.32 Å². The van der Waals surface area contributed by atoms with Gasteiger partial charge in [0.2, 0.25) is 0 Å². The summed E-state index contributed by atoms with van der Waals surface area (Å²) in [6.07, 6.45) is -1.70. The van der Waals surface area contributed by atoms with E-state index in [1.165, 1.54) is 6.92 Å². The highest BCUT2D eigenvalue weighted by atomic mass is 19.3. The summed E-state index contributed by atoms with van der Waals surface area (Å²) in [5.74, 6) is 0. The Balaban J connectivity index is 3.62. The maximum absolute atomic E-state index is 11.9. The Kier molecular flexibility index (Phi) is 5.32. The lowest BCUT2D eigenvalue weighted by Gasteiger charge is -2.19. The van der Waals surface area contributed by atoms with Gasteiger partial charge < -0.3 is 10.4 Å². The van der Waals surface area contributed by atoms with Gasteiger partial charge in [0, 0.05) is 6.04 Å². The van der Waals surface area contributed by atoms with E-state index in [0.29, 0.717) is 6.42 Å². The van der Waals surface area contributed by atoms with E-state index in [9.17, 15) is 8.78 Å². The van der Waals surface area contributed by atoms with Gasteiger partial charge >= 0.3 is 0 Å². The molecule has 1 unspecified atom stereocenters. The zero-order valence-electron chi connectivity index (χ0n) is 6.85. The first-order valence-electron chi connectivity index (χ1n) is 3.76. The number of aliphatic hydroxyl groups excluding tert-OH is 1. The number of rotatable bonds is 5. The molecule has 0 aromatic heterocycles. The molecule has 0 saturated carbocycles. The van der Waals surface area contributed by atoms with E-state index in [1.807, 2.05) is 6.92 Å². The predicted octanol–water partition coefficient (Wildman–Crippen LogP) is 1.00. The van der Waals surface area contributed by atoms with E-state index >= 15 is 0 Å². The van der Waals surface area contributed by atoms with Gasteiger partial charge in [0.25, 0.3) is 6.43 Å². The molecule has 2 N–H and O–H groups in total. The van der Waals surface area contributed by atoms with Gasteiger partial charge in [-0.1, -0.05) is 6.92 Å². The van der Waals surface area contributed by atoms with E-state index < -0.39 is 12.5 Å². The summed E-state index contributed by atoms with van der Waals surface area (Å²) in [4.78, 5) is 0.